The second-order valence-electron chi connectivity index (χ2n) is 4.91. The van der Waals surface area contributed by atoms with Crippen molar-refractivity contribution < 1.29 is 9.90 Å². The van der Waals surface area contributed by atoms with E-state index in [0.29, 0.717) is 13.1 Å². The Morgan fingerprint density at radius 1 is 1.53 bits per heavy atom. The van der Waals surface area contributed by atoms with Crippen LogP contribution in [0.15, 0.2) is 0 Å². The van der Waals surface area contributed by atoms with Crippen LogP contribution in [0.5, 0.6) is 0 Å². The van der Waals surface area contributed by atoms with Crippen molar-refractivity contribution in [2.75, 3.05) is 19.6 Å². The van der Waals surface area contributed by atoms with Gasteiger partial charge in [0.1, 0.15) is 0 Å². The molecule has 0 radical (unpaired) electrons. The van der Waals surface area contributed by atoms with Crippen LogP contribution in [-0.4, -0.2) is 47.2 Å². The van der Waals surface area contributed by atoms with Crippen molar-refractivity contribution >= 4 is 5.91 Å². The van der Waals surface area contributed by atoms with Gasteiger partial charge in [-0.05, 0) is 39.2 Å². The molecule has 1 amide bonds. The minimum absolute atomic E-state index is 0.166. The molecular formula is C11H20N2O2. The zero-order valence-electron chi connectivity index (χ0n) is 9.33. The number of amides is 1. The highest BCUT2D eigenvalue weighted by molar-refractivity contribution is 5.86. The van der Waals surface area contributed by atoms with Crippen LogP contribution in [0, 0.1) is 0 Å². The third-order valence-corrected chi connectivity index (χ3v) is 3.54. The number of aliphatic hydroxyl groups excluding tert-OH is 1. The fourth-order valence-electron chi connectivity index (χ4n) is 2.51. The van der Waals surface area contributed by atoms with Crippen molar-refractivity contribution in [1.82, 2.24) is 10.2 Å². The van der Waals surface area contributed by atoms with Gasteiger partial charge in [-0.15, -0.1) is 0 Å². The van der Waals surface area contributed by atoms with Gasteiger partial charge in [0.25, 0.3) is 0 Å². The van der Waals surface area contributed by atoms with Crippen molar-refractivity contribution in [3.8, 4) is 0 Å². The first kappa shape index (κ1) is 10.9. The van der Waals surface area contributed by atoms with Crippen LogP contribution in [0.2, 0.25) is 0 Å². The van der Waals surface area contributed by atoms with E-state index in [9.17, 15) is 9.90 Å². The Morgan fingerprint density at radius 3 is 2.87 bits per heavy atom. The molecule has 0 aliphatic carbocycles. The summed E-state index contributed by atoms with van der Waals surface area (Å²) < 4.78 is 0. The lowest BCUT2D eigenvalue weighted by Crippen LogP contribution is -2.57. The molecule has 86 valence electrons. The van der Waals surface area contributed by atoms with E-state index in [0.717, 1.165) is 32.2 Å². The van der Waals surface area contributed by atoms with Gasteiger partial charge in [0, 0.05) is 13.1 Å². The highest BCUT2D eigenvalue weighted by atomic mass is 16.3. The summed E-state index contributed by atoms with van der Waals surface area (Å²) in [7, 11) is 0. The number of rotatable bonds is 1. The number of nitrogens with zero attached hydrogens (tertiary/aromatic N) is 1. The van der Waals surface area contributed by atoms with Crippen LogP contribution in [0.1, 0.15) is 32.6 Å². The molecule has 0 saturated carbocycles. The van der Waals surface area contributed by atoms with Crippen molar-refractivity contribution in [3.63, 3.8) is 0 Å². The lowest BCUT2D eigenvalue weighted by atomic mass is 9.89. The van der Waals surface area contributed by atoms with Crippen molar-refractivity contribution in [3.05, 3.63) is 0 Å². The molecule has 2 saturated heterocycles. The Morgan fingerprint density at radius 2 is 2.33 bits per heavy atom. The molecule has 2 aliphatic heterocycles. The summed E-state index contributed by atoms with van der Waals surface area (Å²) >= 11 is 0. The maximum atomic E-state index is 12.2. The first-order valence-corrected chi connectivity index (χ1v) is 5.84. The molecule has 1 unspecified atom stereocenters. The molecule has 2 rings (SSSR count). The number of carbonyl (C=O) groups is 1. The van der Waals surface area contributed by atoms with Crippen molar-refractivity contribution in [2.45, 2.75) is 44.2 Å². The number of carbonyl (C=O) groups excluding carboxylic acids is 1. The number of β-amino-alcohol motifs (C(OH)–C–C–N with tert-alkyl or cyclic N) is 1. The molecule has 15 heavy (non-hydrogen) atoms. The zero-order chi connectivity index (χ0) is 10.9. The van der Waals surface area contributed by atoms with E-state index in [2.05, 4.69) is 5.32 Å². The number of piperidine rings is 1. The van der Waals surface area contributed by atoms with E-state index in [4.69, 9.17) is 0 Å². The summed E-state index contributed by atoms with van der Waals surface area (Å²) in [5, 5.41) is 12.7. The normalized spacial score (nSPS) is 36.9. The van der Waals surface area contributed by atoms with Gasteiger partial charge >= 0.3 is 0 Å². The zero-order valence-corrected chi connectivity index (χ0v) is 9.33. The summed E-state index contributed by atoms with van der Waals surface area (Å²) in [4.78, 5) is 14.0. The van der Waals surface area contributed by atoms with E-state index in [1.165, 1.54) is 0 Å². The minimum atomic E-state index is -0.387. The Bertz CT molecular complexity index is 249. The van der Waals surface area contributed by atoms with E-state index < -0.39 is 0 Å². The summed E-state index contributed by atoms with van der Waals surface area (Å²) in [5.41, 5.74) is -0.387. The van der Waals surface area contributed by atoms with Gasteiger partial charge in [0.15, 0.2) is 0 Å². The van der Waals surface area contributed by atoms with E-state index >= 15 is 0 Å². The largest absolute Gasteiger partial charge is 0.391 e. The predicted molar refractivity (Wildman–Crippen MR) is 57.5 cm³/mol. The van der Waals surface area contributed by atoms with Gasteiger partial charge in [-0.3, -0.25) is 4.79 Å². The maximum Gasteiger partial charge on any atom is 0.242 e. The number of hydrogen-bond donors (Lipinski definition) is 2. The molecular weight excluding hydrogens is 192 g/mol. The molecule has 0 aromatic carbocycles. The van der Waals surface area contributed by atoms with Crippen LogP contribution in [-0.2, 0) is 4.79 Å². The number of likely N-dealkylation sites (tertiary alicyclic amines) is 1. The van der Waals surface area contributed by atoms with Crippen molar-refractivity contribution in [2.24, 2.45) is 0 Å². The van der Waals surface area contributed by atoms with Gasteiger partial charge in [-0.1, -0.05) is 0 Å². The second kappa shape index (κ2) is 4.10. The standard InChI is InChI=1S/C11H20N2O2/c1-11(5-2-3-6-12-11)10(15)13-7-4-9(14)8-13/h9,12,14H,2-8H2,1H3/t9-,11?/m0/s1. The molecule has 4 nitrogen and oxygen atoms in total. The molecule has 2 heterocycles. The van der Waals surface area contributed by atoms with E-state index in [1.807, 2.05) is 6.92 Å². The summed E-state index contributed by atoms with van der Waals surface area (Å²) in [6, 6.07) is 0. The Balaban J connectivity index is 1.99. The Labute approximate surface area is 90.6 Å². The molecule has 2 fully saturated rings. The average molecular weight is 212 g/mol. The second-order valence-corrected chi connectivity index (χ2v) is 4.91. The first-order valence-electron chi connectivity index (χ1n) is 5.84. The highest BCUT2D eigenvalue weighted by Crippen LogP contribution is 2.23. The molecule has 0 aromatic heterocycles. The number of hydrogen-bond acceptors (Lipinski definition) is 3. The number of aliphatic hydroxyl groups is 1. The molecule has 2 atom stereocenters. The lowest BCUT2D eigenvalue weighted by molar-refractivity contribution is -0.138. The van der Waals surface area contributed by atoms with Gasteiger partial charge < -0.3 is 15.3 Å². The summed E-state index contributed by atoms with van der Waals surface area (Å²) in [6.45, 7) is 4.13. The van der Waals surface area contributed by atoms with Gasteiger partial charge in [0.05, 0.1) is 11.6 Å². The van der Waals surface area contributed by atoms with Crippen LogP contribution >= 0.6 is 0 Å². The van der Waals surface area contributed by atoms with Crippen LogP contribution in [0.25, 0.3) is 0 Å². The molecule has 0 bridgehead atoms. The predicted octanol–water partition coefficient (Wildman–Crippen LogP) is 0.112. The third kappa shape index (κ3) is 2.16. The average Bonchev–Trinajstić information content (AvgIpc) is 2.65. The maximum absolute atomic E-state index is 12.2. The molecule has 0 spiro atoms. The van der Waals surface area contributed by atoms with Crippen LogP contribution in [0.3, 0.4) is 0 Å². The molecule has 0 aromatic rings. The van der Waals surface area contributed by atoms with Crippen molar-refractivity contribution in [1.29, 1.82) is 0 Å². The topological polar surface area (TPSA) is 52.6 Å². The molecule has 2 N–H and O–H groups in total. The third-order valence-electron chi connectivity index (χ3n) is 3.54. The smallest absolute Gasteiger partial charge is 0.242 e. The quantitative estimate of drug-likeness (QED) is 0.649. The van der Waals surface area contributed by atoms with Gasteiger partial charge in [-0.2, -0.15) is 0 Å². The minimum Gasteiger partial charge on any atom is -0.391 e. The summed E-state index contributed by atoms with van der Waals surface area (Å²) in [5.74, 6) is 0.166. The monoisotopic (exact) mass is 212 g/mol. The SMILES string of the molecule is CC1(C(=O)N2CC[C@H](O)C2)CCCCN1. The van der Waals surface area contributed by atoms with Gasteiger partial charge in [0.2, 0.25) is 5.91 Å². The van der Waals surface area contributed by atoms with E-state index in [-0.39, 0.29) is 17.6 Å². The van der Waals surface area contributed by atoms with Crippen LogP contribution < -0.4 is 5.32 Å². The van der Waals surface area contributed by atoms with Gasteiger partial charge in [-0.25, -0.2) is 0 Å². The van der Waals surface area contributed by atoms with Crippen LogP contribution in [0.4, 0.5) is 0 Å². The Kier molecular flexibility index (Phi) is 2.98. The highest BCUT2D eigenvalue weighted by Gasteiger charge is 2.39. The molecule has 2 aliphatic rings. The molecule has 4 heteroatoms. The lowest BCUT2D eigenvalue weighted by Gasteiger charge is -2.36. The summed E-state index contributed by atoms with van der Waals surface area (Å²) in [6.07, 6.45) is 3.60. The van der Waals surface area contributed by atoms with E-state index in [1.54, 1.807) is 4.90 Å². The first-order chi connectivity index (χ1) is 7.12. The number of nitrogens with one attached hydrogen (secondary N) is 1. The Hall–Kier alpha value is -0.610. The fraction of sp³-hybridized carbons (Fsp3) is 0.909. The fourth-order valence-corrected chi connectivity index (χ4v) is 2.51.